The number of nitrogens with one attached hydrogen (secondary N) is 1. The van der Waals surface area contributed by atoms with Gasteiger partial charge < -0.3 is 9.73 Å². The van der Waals surface area contributed by atoms with Crippen LogP contribution in [0.2, 0.25) is 5.02 Å². The van der Waals surface area contributed by atoms with Crippen molar-refractivity contribution < 1.29 is 9.21 Å². The number of carbonyl (C=O) groups excluding carboxylic acids is 1. The molecule has 6 heteroatoms. The van der Waals surface area contributed by atoms with Crippen molar-refractivity contribution in [2.75, 3.05) is 5.32 Å². The number of nitriles is 1. The highest BCUT2D eigenvalue weighted by Crippen LogP contribution is 2.25. The van der Waals surface area contributed by atoms with Crippen molar-refractivity contribution >= 4 is 45.8 Å². The van der Waals surface area contributed by atoms with Gasteiger partial charge in [0.15, 0.2) is 5.76 Å². The van der Waals surface area contributed by atoms with Crippen LogP contribution in [-0.2, 0) is 0 Å². The predicted molar refractivity (Wildman–Crippen MR) is 101 cm³/mol. The second kappa shape index (κ2) is 7.07. The lowest BCUT2D eigenvalue weighted by Gasteiger charge is -2.06. The summed E-state index contributed by atoms with van der Waals surface area (Å²) in [5.41, 5.74) is 2.01. The fraction of sp³-hybridized carbons (Fsp3) is 0. The summed E-state index contributed by atoms with van der Waals surface area (Å²) in [6.45, 7) is 0. The molecule has 0 radical (unpaired) electrons. The molecule has 1 heterocycles. The Morgan fingerprint density at radius 3 is 2.54 bits per heavy atom. The van der Waals surface area contributed by atoms with E-state index in [4.69, 9.17) is 21.3 Å². The number of carbonyl (C=O) groups is 1. The van der Waals surface area contributed by atoms with Gasteiger partial charge >= 0.3 is 0 Å². The van der Waals surface area contributed by atoms with Gasteiger partial charge in [-0.05, 0) is 77.2 Å². The summed E-state index contributed by atoms with van der Waals surface area (Å²) in [7, 11) is 0. The van der Waals surface area contributed by atoms with Crippen LogP contribution in [-0.4, -0.2) is 5.91 Å². The normalized spacial score (nSPS) is 10.2. The Hall–Kier alpha value is -2.30. The fourth-order valence-electron chi connectivity index (χ4n) is 2.10. The monoisotopic (exact) mass is 448 g/mol. The zero-order valence-corrected chi connectivity index (χ0v) is 15.1. The Morgan fingerprint density at radius 2 is 1.88 bits per heavy atom. The van der Waals surface area contributed by atoms with E-state index in [2.05, 4.69) is 34.0 Å². The van der Waals surface area contributed by atoms with E-state index in [1.807, 2.05) is 12.1 Å². The topological polar surface area (TPSA) is 66.0 Å². The van der Waals surface area contributed by atoms with Crippen molar-refractivity contribution in [1.29, 1.82) is 5.26 Å². The van der Waals surface area contributed by atoms with Crippen molar-refractivity contribution in [3.8, 4) is 17.4 Å². The molecule has 0 bridgehead atoms. The largest absolute Gasteiger partial charge is 0.451 e. The molecule has 2 aromatic carbocycles. The van der Waals surface area contributed by atoms with Crippen LogP contribution >= 0.6 is 34.2 Å². The molecule has 0 fully saturated rings. The first kappa shape index (κ1) is 16.6. The third kappa shape index (κ3) is 3.61. The first-order chi connectivity index (χ1) is 11.6. The lowest BCUT2D eigenvalue weighted by Crippen LogP contribution is -2.11. The molecule has 0 spiro atoms. The van der Waals surface area contributed by atoms with Gasteiger partial charge in [-0.25, -0.2) is 0 Å². The molecular weight excluding hydrogens is 439 g/mol. The number of hydrogen-bond donors (Lipinski definition) is 1. The summed E-state index contributed by atoms with van der Waals surface area (Å²) in [5.74, 6) is 0.448. The minimum atomic E-state index is -0.349. The van der Waals surface area contributed by atoms with E-state index < -0.39 is 0 Å². The minimum absolute atomic E-state index is 0.208. The standard InChI is InChI=1S/C18H10ClIN2O2/c19-13-4-2-12(3-5-13)16-7-8-17(24-16)18(23)22-15-6-1-11(10-21)9-14(15)20/h1-9H,(H,22,23). The minimum Gasteiger partial charge on any atom is -0.451 e. The highest BCUT2D eigenvalue weighted by atomic mass is 127. The Kier molecular flexibility index (Phi) is 4.88. The number of anilines is 1. The fourth-order valence-corrected chi connectivity index (χ4v) is 2.88. The van der Waals surface area contributed by atoms with Crippen LogP contribution in [0.4, 0.5) is 5.69 Å². The van der Waals surface area contributed by atoms with Crippen molar-refractivity contribution in [2.24, 2.45) is 0 Å². The lowest BCUT2D eigenvalue weighted by atomic mass is 10.2. The molecule has 0 atom stereocenters. The average molecular weight is 449 g/mol. The van der Waals surface area contributed by atoms with E-state index in [0.29, 0.717) is 22.0 Å². The maximum Gasteiger partial charge on any atom is 0.291 e. The number of amides is 1. The van der Waals surface area contributed by atoms with Gasteiger partial charge in [0, 0.05) is 14.2 Å². The SMILES string of the molecule is N#Cc1ccc(NC(=O)c2ccc(-c3ccc(Cl)cc3)o2)c(I)c1. The van der Waals surface area contributed by atoms with E-state index >= 15 is 0 Å². The quantitative estimate of drug-likeness (QED) is 0.551. The second-order valence-electron chi connectivity index (χ2n) is 4.93. The zero-order chi connectivity index (χ0) is 17.1. The molecule has 4 nitrogen and oxygen atoms in total. The number of benzene rings is 2. The van der Waals surface area contributed by atoms with E-state index in [9.17, 15) is 4.79 Å². The Labute approximate surface area is 157 Å². The molecular formula is C18H10ClIN2O2. The van der Waals surface area contributed by atoms with Crippen LogP contribution < -0.4 is 5.32 Å². The van der Waals surface area contributed by atoms with Crippen LogP contribution in [0.5, 0.6) is 0 Å². The summed E-state index contributed by atoms with van der Waals surface area (Å²) in [6.07, 6.45) is 0. The van der Waals surface area contributed by atoms with Crippen molar-refractivity contribution in [2.45, 2.75) is 0 Å². The molecule has 3 rings (SSSR count). The maximum absolute atomic E-state index is 12.3. The third-order valence-corrected chi connectivity index (χ3v) is 4.45. The van der Waals surface area contributed by atoms with Gasteiger partial charge in [-0.2, -0.15) is 5.26 Å². The van der Waals surface area contributed by atoms with Gasteiger partial charge in [0.25, 0.3) is 5.91 Å². The lowest BCUT2D eigenvalue weighted by molar-refractivity contribution is 0.0997. The average Bonchev–Trinajstić information content (AvgIpc) is 3.07. The molecule has 0 aliphatic carbocycles. The smallest absolute Gasteiger partial charge is 0.291 e. The summed E-state index contributed by atoms with van der Waals surface area (Å²) in [5, 5.41) is 12.3. The number of halogens is 2. The highest BCUT2D eigenvalue weighted by Gasteiger charge is 2.14. The number of nitrogens with zero attached hydrogens (tertiary/aromatic N) is 1. The molecule has 0 aliphatic rings. The van der Waals surface area contributed by atoms with Crippen LogP contribution in [0.25, 0.3) is 11.3 Å². The second-order valence-corrected chi connectivity index (χ2v) is 6.53. The molecule has 0 saturated heterocycles. The third-order valence-electron chi connectivity index (χ3n) is 3.30. The van der Waals surface area contributed by atoms with Gasteiger partial charge in [-0.15, -0.1) is 0 Å². The first-order valence-electron chi connectivity index (χ1n) is 6.93. The Bertz CT molecular complexity index is 942. The number of rotatable bonds is 3. The molecule has 24 heavy (non-hydrogen) atoms. The molecule has 1 N–H and O–H groups in total. The summed E-state index contributed by atoms with van der Waals surface area (Å²) >= 11 is 7.94. The van der Waals surface area contributed by atoms with Crippen LogP contribution in [0.3, 0.4) is 0 Å². The van der Waals surface area contributed by atoms with Crippen molar-refractivity contribution in [1.82, 2.24) is 0 Å². The molecule has 0 saturated carbocycles. The predicted octanol–water partition coefficient (Wildman–Crippen LogP) is 5.33. The van der Waals surface area contributed by atoms with Gasteiger partial charge in [0.1, 0.15) is 5.76 Å². The Morgan fingerprint density at radius 1 is 1.12 bits per heavy atom. The van der Waals surface area contributed by atoms with E-state index in [1.165, 1.54) is 0 Å². The number of hydrogen-bond acceptors (Lipinski definition) is 3. The Balaban J connectivity index is 1.79. The van der Waals surface area contributed by atoms with Crippen LogP contribution in [0.15, 0.2) is 59.0 Å². The van der Waals surface area contributed by atoms with E-state index in [-0.39, 0.29) is 11.7 Å². The molecule has 1 amide bonds. The van der Waals surface area contributed by atoms with Gasteiger partial charge in [0.05, 0.1) is 17.3 Å². The highest BCUT2D eigenvalue weighted by molar-refractivity contribution is 14.1. The summed E-state index contributed by atoms with van der Waals surface area (Å²) in [4.78, 5) is 12.3. The zero-order valence-electron chi connectivity index (χ0n) is 12.2. The summed E-state index contributed by atoms with van der Waals surface area (Å²) in [6, 6.07) is 17.6. The van der Waals surface area contributed by atoms with Crippen LogP contribution in [0, 0.1) is 14.9 Å². The van der Waals surface area contributed by atoms with Crippen LogP contribution in [0.1, 0.15) is 16.1 Å². The molecule has 0 unspecified atom stereocenters. The summed E-state index contributed by atoms with van der Waals surface area (Å²) < 4.78 is 6.40. The van der Waals surface area contributed by atoms with E-state index in [1.54, 1.807) is 42.5 Å². The molecule has 118 valence electrons. The van der Waals surface area contributed by atoms with E-state index in [0.717, 1.165) is 9.13 Å². The first-order valence-corrected chi connectivity index (χ1v) is 8.39. The van der Waals surface area contributed by atoms with Crippen molar-refractivity contribution in [3.63, 3.8) is 0 Å². The maximum atomic E-state index is 12.3. The van der Waals surface area contributed by atoms with Crippen molar-refractivity contribution in [3.05, 3.63) is 74.5 Å². The van der Waals surface area contributed by atoms with Gasteiger partial charge in [-0.1, -0.05) is 11.6 Å². The molecule has 0 aliphatic heterocycles. The molecule has 3 aromatic rings. The molecule has 1 aromatic heterocycles. The number of furan rings is 1. The van der Waals surface area contributed by atoms with Gasteiger partial charge in [-0.3, -0.25) is 4.79 Å². The van der Waals surface area contributed by atoms with Gasteiger partial charge in [0.2, 0.25) is 0 Å².